The zero-order valence-electron chi connectivity index (χ0n) is 11.1. The zero-order chi connectivity index (χ0) is 14.5. The minimum atomic E-state index is -0.151. The fourth-order valence-corrected chi connectivity index (χ4v) is 2.46. The Labute approximate surface area is 125 Å². The van der Waals surface area contributed by atoms with Crippen LogP contribution in [0.5, 0.6) is 0 Å². The van der Waals surface area contributed by atoms with Crippen molar-refractivity contribution in [3.63, 3.8) is 0 Å². The third-order valence-electron chi connectivity index (χ3n) is 2.90. The number of fused-ring (bicyclic) bond motifs is 1. The molecule has 3 rings (SSSR count). The first-order chi connectivity index (χ1) is 10.3. The van der Waals surface area contributed by atoms with Gasteiger partial charge in [-0.05, 0) is 23.6 Å². The Balaban J connectivity index is 1.54. The molecule has 0 aliphatic rings. The predicted molar refractivity (Wildman–Crippen MR) is 82.2 cm³/mol. The summed E-state index contributed by atoms with van der Waals surface area (Å²) in [5, 5.41) is 14.0. The number of rotatable bonds is 5. The molecule has 6 nitrogen and oxygen atoms in total. The maximum atomic E-state index is 11.7. The molecular formula is C14H13N5OS. The Morgan fingerprint density at radius 1 is 1.33 bits per heavy atom. The van der Waals surface area contributed by atoms with Crippen LogP contribution in [0.3, 0.4) is 0 Å². The number of aryl methyl sites for hydroxylation is 1. The molecule has 0 aliphatic heterocycles. The topological polar surface area (TPSA) is 72.2 Å². The first-order valence-corrected chi connectivity index (χ1v) is 7.34. The number of carbonyl (C=O) groups excluding carboxylic acids is 1. The van der Waals surface area contributed by atoms with E-state index in [-0.39, 0.29) is 5.91 Å². The lowest BCUT2D eigenvalue weighted by molar-refractivity contribution is -0.121. The van der Waals surface area contributed by atoms with Crippen LogP contribution in [0.2, 0.25) is 0 Å². The molecule has 7 heteroatoms. The molecule has 1 N–H and O–H groups in total. The van der Waals surface area contributed by atoms with Gasteiger partial charge in [-0.3, -0.25) is 4.79 Å². The summed E-state index contributed by atoms with van der Waals surface area (Å²) >= 11 is 1.56. The summed E-state index contributed by atoms with van der Waals surface area (Å²) in [5.41, 5.74) is 4.26. The maximum absolute atomic E-state index is 11.7. The van der Waals surface area contributed by atoms with E-state index in [1.165, 1.54) is 0 Å². The molecule has 3 aromatic rings. The van der Waals surface area contributed by atoms with Gasteiger partial charge in [-0.2, -0.15) is 5.10 Å². The van der Waals surface area contributed by atoms with Gasteiger partial charge in [-0.15, -0.1) is 16.4 Å². The van der Waals surface area contributed by atoms with E-state index in [0.717, 1.165) is 15.9 Å². The molecule has 0 atom stereocenters. The number of aromatic nitrogens is 3. The van der Waals surface area contributed by atoms with E-state index >= 15 is 0 Å². The van der Waals surface area contributed by atoms with E-state index < -0.39 is 0 Å². The van der Waals surface area contributed by atoms with E-state index in [1.807, 2.05) is 41.8 Å². The number of nitrogens with one attached hydrogen (secondary N) is 1. The lowest BCUT2D eigenvalue weighted by atomic mass is 10.3. The highest BCUT2D eigenvalue weighted by Crippen LogP contribution is 2.09. The monoisotopic (exact) mass is 299 g/mol. The molecule has 106 valence electrons. The smallest absolute Gasteiger partial charge is 0.241 e. The van der Waals surface area contributed by atoms with Gasteiger partial charge in [0.1, 0.15) is 5.52 Å². The molecule has 0 aliphatic carbocycles. The van der Waals surface area contributed by atoms with Crippen LogP contribution in [0.15, 0.2) is 46.9 Å². The van der Waals surface area contributed by atoms with Crippen LogP contribution in [-0.4, -0.2) is 27.1 Å². The van der Waals surface area contributed by atoms with Crippen molar-refractivity contribution in [2.24, 2.45) is 5.10 Å². The van der Waals surface area contributed by atoms with E-state index in [1.54, 1.807) is 22.2 Å². The summed E-state index contributed by atoms with van der Waals surface area (Å²) in [6.45, 7) is 0.473. The average Bonchev–Trinajstić information content (AvgIpc) is 3.14. The van der Waals surface area contributed by atoms with Crippen molar-refractivity contribution >= 4 is 34.5 Å². The van der Waals surface area contributed by atoms with Gasteiger partial charge < -0.3 is 0 Å². The quantitative estimate of drug-likeness (QED) is 0.579. The fourth-order valence-electron chi connectivity index (χ4n) is 1.88. The summed E-state index contributed by atoms with van der Waals surface area (Å²) in [6, 6.07) is 11.5. The molecule has 0 saturated carbocycles. The first-order valence-electron chi connectivity index (χ1n) is 6.46. The van der Waals surface area contributed by atoms with Gasteiger partial charge in [0.25, 0.3) is 0 Å². The van der Waals surface area contributed by atoms with Crippen LogP contribution in [0.4, 0.5) is 0 Å². The molecular weight excluding hydrogens is 286 g/mol. The number of thiophene rings is 1. The summed E-state index contributed by atoms with van der Waals surface area (Å²) in [7, 11) is 0. The second kappa shape index (κ2) is 6.27. The molecule has 0 bridgehead atoms. The fraction of sp³-hybridized carbons (Fsp3) is 0.143. The molecule has 2 heterocycles. The van der Waals surface area contributed by atoms with Gasteiger partial charge in [0.05, 0.1) is 18.3 Å². The Bertz CT molecular complexity index is 763. The molecule has 21 heavy (non-hydrogen) atoms. The predicted octanol–water partition coefficient (Wildman–Crippen LogP) is 2.03. The summed E-state index contributed by atoms with van der Waals surface area (Å²) in [4.78, 5) is 12.7. The van der Waals surface area contributed by atoms with Gasteiger partial charge in [0.2, 0.25) is 5.91 Å². The van der Waals surface area contributed by atoms with Gasteiger partial charge in [0.15, 0.2) is 0 Å². The molecule has 2 aromatic heterocycles. The van der Waals surface area contributed by atoms with Gasteiger partial charge in [-0.1, -0.05) is 23.4 Å². The number of para-hydroxylation sites is 1. The summed E-state index contributed by atoms with van der Waals surface area (Å²) < 4.78 is 1.72. The van der Waals surface area contributed by atoms with E-state index in [0.29, 0.717) is 13.0 Å². The molecule has 1 aromatic carbocycles. The molecule has 0 saturated heterocycles. The molecule has 1 amide bonds. The average molecular weight is 299 g/mol. The van der Waals surface area contributed by atoms with Crippen molar-refractivity contribution < 1.29 is 4.79 Å². The van der Waals surface area contributed by atoms with Crippen molar-refractivity contribution in [3.8, 4) is 0 Å². The number of benzene rings is 1. The highest BCUT2D eigenvalue weighted by molar-refractivity contribution is 7.11. The minimum Gasteiger partial charge on any atom is -0.273 e. The standard InChI is InChI=1S/C14H13N5OS/c20-14(17-15-10-11-4-3-9-21-11)7-8-19-13-6-2-1-5-12(13)16-18-19/h1-6,9-10H,7-8H2,(H,17,20). The van der Waals surface area contributed by atoms with Crippen LogP contribution in [0.1, 0.15) is 11.3 Å². The minimum absolute atomic E-state index is 0.151. The third kappa shape index (κ3) is 3.32. The highest BCUT2D eigenvalue weighted by atomic mass is 32.1. The number of nitrogens with zero attached hydrogens (tertiary/aromatic N) is 4. The molecule has 0 unspecified atom stereocenters. The number of hydrogen-bond donors (Lipinski definition) is 1. The van der Waals surface area contributed by atoms with Crippen molar-refractivity contribution in [1.82, 2.24) is 20.4 Å². The van der Waals surface area contributed by atoms with Gasteiger partial charge in [0, 0.05) is 11.3 Å². The van der Waals surface area contributed by atoms with Gasteiger partial charge >= 0.3 is 0 Å². The van der Waals surface area contributed by atoms with Crippen molar-refractivity contribution in [2.75, 3.05) is 0 Å². The van der Waals surface area contributed by atoms with Crippen LogP contribution < -0.4 is 5.43 Å². The molecule has 0 spiro atoms. The summed E-state index contributed by atoms with van der Waals surface area (Å²) in [6.07, 6.45) is 1.93. The third-order valence-corrected chi connectivity index (χ3v) is 3.70. The first kappa shape index (κ1) is 13.4. The van der Waals surface area contributed by atoms with E-state index in [2.05, 4.69) is 20.8 Å². The normalized spacial score (nSPS) is 11.2. The Morgan fingerprint density at radius 2 is 2.24 bits per heavy atom. The van der Waals surface area contributed by atoms with Crippen molar-refractivity contribution in [3.05, 3.63) is 46.7 Å². The Morgan fingerprint density at radius 3 is 3.10 bits per heavy atom. The highest BCUT2D eigenvalue weighted by Gasteiger charge is 2.05. The largest absolute Gasteiger partial charge is 0.273 e. The van der Waals surface area contributed by atoms with Crippen molar-refractivity contribution in [1.29, 1.82) is 0 Å². The van der Waals surface area contributed by atoms with Crippen molar-refractivity contribution in [2.45, 2.75) is 13.0 Å². The van der Waals surface area contributed by atoms with E-state index in [4.69, 9.17) is 0 Å². The number of carbonyl (C=O) groups is 1. The molecule has 0 radical (unpaired) electrons. The lowest BCUT2D eigenvalue weighted by Crippen LogP contribution is -2.19. The maximum Gasteiger partial charge on any atom is 0.241 e. The van der Waals surface area contributed by atoms with Crippen LogP contribution >= 0.6 is 11.3 Å². The zero-order valence-corrected chi connectivity index (χ0v) is 12.0. The Kier molecular flexibility index (Phi) is 4.02. The number of amides is 1. The summed E-state index contributed by atoms with van der Waals surface area (Å²) in [5.74, 6) is -0.151. The Hall–Kier alpha value is -2.54. The number of hydrogen-bond acceptors (Lipinski definition) is 5. The second-order valence-corrected chi connectivity index (χ2v) is 5.34. The van der Waals surface area contributed by atoms with Crippen LogP contribution in [-0.2, 0) is 11.3 Å². The van der Waals surface area contributed by atoms with E-state index in [9.17, 15) is 4.79 Å². The lowest BCUT2D eigenvalue weighted by Gasteiger charge is -2.01. The second-order valence-electron chi connectivity index (χ2n) is 4.36. The number of hydrazone groups is 1. The van der Waals surface area contributed by atoms with Crippen LogP contribution in [0, 0.1) is 0 Å². The van der Waals surface area contributed by atoms with Crippen LogP contribution in [0.25, 0.3) is 11.0 Å². The van der Waals surface area contributed by atoms with Gasteiger partial charge in [-0.25, -0.2) is 10.1 Å². The SMILES string of the molecule is O=C(CCn1nnc2ccccc21)NN=Cc1cccs1. The molecule has 0 fully saturated rings.